The summed E-state index contributed by atoms with van der Waals surface area (Å²) in [5.41, 5.74) is 0.934. The van der Waals surface area contributed by atoms with Crippen LogP contribution in [0.5, 0.6) is 0 Å². The summed E-state index contributed by atoms with van der Waals surface area (Å²) in [4.78, 5) is 11.6. The number of ether oxygens (including phenoxy) is 1. The highest BCUT2D eigenvalue weighted by atomic mass is 32.2. The summed E-state index contributed by atoms with van der Waals surface area (Å²) in [6.45, 7) is 5.40. The van der Waals surface area contributed by atoms with E-state index in [0.29, 0.717) is 12.0 Å². The van der Waals surface area contributed by atoms with Gasteiger partial charge in [0.1, 0.15) is 0 Å². The minimum absolute atomic E-state index is 0.0683. The smallest absolute Gasteiger partial charge is 0.338 e. The molecule has 0 spiro atoms. The Labute approximate surface area is 114 Å². The fourth-order valence-corrected chi connectivity index (χ4v) is 2.87. The zero-order valence-electron chi connectivity index (χ0n) is 11.6. The molecule has 1 rings (SSSR count). The largest absolute Gasteiger partial charge is 0.465 e. The molecule has 0 saturated carbocycles. The molecule has 0 radical (unpaired) electrons. The number of carbonyl (C=O) groups excluding carboxylic acids is 1. The number of rotatable bonds is 5. The van der Waals surface area contributed by atoms with Gasteiger partial charge in [-0.1, -0.05) is 13.0 Å². The maximum Gasteiger partial charge on any atom is 0.338 e. The number of esters is 1. The van der Waals surface area contributed by atoms with Crippen molar-refractivity contribution in [3.05, 3.63) is 29.3 Å². The van der Waals surface area contributed by atoms with Gasteiger partial charge in [0.25, 0.3) is 0 Å². The molecule has 0 aliphatic rings. The van der Waals surface area contributed by atoms with Gasteiger partial charge in [-0.05, 0) is 38.0 Å². The molecule has 5 nitrogen and oxygen atoms in total. The van der Waals surface area contributed by atoms with Gasteiger partial charge in [-0.15, -0.1) is 0 Å². The first kappa shape index (κ1) is 15.7. The molecular formula is C13H19NO4S. The van der Waals surface area contributed by atoms with Crippen molar-refractivity contribution in [1.29, 1.82) is 0 Å². The van der Waals surface area contributed by atoms with Gasteiger partial charge >= 0.3 is 5.97 Å². The van der Waals surface area contributed by atoms with Crippen molar-refractivity contribution in [2.45, 2.75) is 38.1 Å². The second kappa shape index (κ2) is 6.16. The first-order chi connectivity index (χ1) is 8.81. The van der Waals surface area contributed by atoms with Crippen LogP contribution in [0.3, 0.4) is 0 Å². The number of methoxy groups -OCH3 is 1. The topological polar surface area (TPSA) is 72.5 Å². The van der Waals surface area contributed by atoms with Gasteiger partial charge in [-0.2, -0.15) is 0 Å². The number of nitrogens with one attached hydrogen (secondary N) is 1. The van der Waals surface area contributed by atoms with Crippen LogP contribution in [-0.2, 0) is 14.8 Å². The molecule has 0 saturated heterocycles. The van der Waals surface area contributed by atoms with Crippen molar-refractivity contribution in [3.63, 3.8) is 0 Å². The van der Waals surface area contributed by atoms with Crippen molar-refractivity contribution in [1.82, 2.24) is 4.72 Å². The third-order valence-corrected chi connectivity index (χ3v) is 4.48. The molecule has 1 aromatic carbocycles. The number of hydrogen-bond acceptors (Lipinski definition) is 4. The number of carbonyl (C=O) groups is 1. The predicted molar refractivity (Wildman–Crippen MR) is 72.6 cm³/mol. The van der Waals surface area contributed by atoms with Crippen molar-refractivity contribution in [3.8, 4) is 0 Å². The van der Waals surface area contributed by atoms with Gasteiger partial charge in [0.2, 0.25) is 10.0 Å². The molecule has 0 fully saturated rings. The van der Waals surface area contributed by atoms with Gasteiger partial charge in [0.15, 0.2) is 0 Å². The monoisotopic (exact) mass is 285 g/mol. The summed E-state index contributed by atoms with van der Waals surface area (Å²) >= 11 is 0. The maximum absolute atomic E-state index is 12.1. The first-order valence-corrected chi connectivity index (χ1v) is 7.51. The molecular weight excluding hydrogens is 266 g/mol. The molecule has 106 valence electrons. The normalized spacial score (nSPS) is 13.1. The summed E-state index contributed by atoms with van der Waals surface area (Å²) in [6.07, 6.45) is 0.689. The van der Waals surface area contributed by atoms with Gasteiger partial charge in [-0.25, -0.2) is 17.9 Å². The van der Waals surface area contributed by atoms with Gasteiger partial charge < -0.3 is 4.74 Å². The summed E-state index contributed by atoms with van der Waals surface area (Å²) in [6, 6.07) is 4.25. The lowest BCUT2D eigenvalue weighted by Gasteiger charge is -2.13. The van der Waals surface area contributed by atoms with E-state index in [4.69, 9.17) is 0 Å². The molecule has 6 heteroatoms. The Morgan fingerprint density at radius 1 is 1.42 bits per heavy atom. The fraction of sp³-hybridized carbons (Fsp3) is 0.462. The molecule has 1 aromatic rings. The molecule has 19 heavy (non-hydrogen) atoms. The summed E-state index contributed by atoms with van der Waals surface area (Å²) < 4.78 is 31.4. The minimum atomic E-state index is -3.61. The second-order valence-corrected chi connectivity index (χ2v) is 6.11. The van der Waals surface area contributed by atoms with Gasteiger partial charge in [0, 0.05) is 6.04 Å². The fourth-order valence-electron chi connectivity index (χ4n) is 1.51. The number of benzene rings is 1. The van der Waals surface area contributed by atoms with Gasteiger partial charge in [-0.3, -0.25) is 0 Å². The standard InChI is InChI=1S/C13H19NO4S/c1-5-10(3)14-19(16,17)11-7-6-9(2)12(8-11)13(15)18-4/h6-8,10,14H,5H2,1-4H3/t10-/m0/s1. The quantitative estimate of drug-likeness (QED) is 0.838. The average Bonchev–Trinajstić information content (AvgIpc) is 2.37. The summed E-state index contributed by atoms with van der Waals surface area (Å²) in [5, 5.41) is 0. The Morgan fingerprint density at radius 2 is 2.05 bits per heavy atom. The number of hydrogen-bond donors (Lipinski definition) is 1. The Morgan fingerprint density at radius 3 is 2.58 bits per heavy atom. The highest BCUT2D eigenvalue weighted by Gasteiger charge is 2.19. The molecule has 0 bridgehead atoms. The lowest BCUT2D eigenvalue weighted by atomic mass is 10.1. The highest BCUT2D eigenvalue weighted by molar-refractivity contribution is 7.89. The lowest BCUT2D eigenvalue weighted by molar-refractivity contribution is 0.0599. The Kier molecular flexibility index (Phi) is 5.08. The van der Waals surface area contributed by atoms with Crippen molar-refractivity contribution in [2.24, 2.45) is 0 Å². The zero-order valence-corrected chi connectivity index (χ0v) is 12.4. The predicted octanol–water partition coefficient (Wildman–Crippen LogP) is 1.86. The molecule has 0 aliphatic carbocycles. The molecule has 1 N–H and O–H groups in total. The van der Waals surface area contributed by atoms with Crippen LogP contribution < -0.4 is 4.72 Å². The molecule has 0 aromatic heterocycles. The molecule has 0 heterocycles. The van der Waals surface area contributed by atoms with Crippen LogP contribution >= 0.6 is 0 Å². The van der Waals surface area contributed by atoms with E-state index >= 15 is 0 Å². The maximum atomic E-state index is 12.1. The minimum Gasteiger partial charge on any atom is -0.465 e. The van der Waals surface area contributed by atoms with Crippen LogP contribution in [0.4, 0.5) is 0 Å². The molecule has 0 amide bonds. The van der Waals surface area contributed by atoms with E-state index in [1.165, 1.54) is 19.2 Å². The van der Waals surface area contributed by atoms with E-state index < -0.39 is 16.0 Å². The van der Waals surface area contributed by atoms with E-state index in [-0.39, 0.29) is 16.5 Å². The van der Waals surface area contributed by atoms with Gasteiger partial charge in [0.05, 0.1) is 17.6 Å². The number of aryl methyl sites for hydroxylation is 1. The third-order valence-electron chi connectivity index (χ3n) is 2.89. The van der Waals surface area contributed by atoms with E-state index in [1.54, 1.807) is 19.9 Å². The van der Waals surface area contributed by atoms with Crippen molar-refractivity contribution >= 4 is 16.0 Å². The van der Waals surface area contributed by atoms with Crippen LogP contribution in [0.2, 0.25) is 0 Å². The molecule has 0 unspecified atom stereocenters. The van der Waals surface area contributed by atoms with E-state index in [1.807, 2.05) is 6.92 Å². The first-order valence-electron chi connectivity index (χ1n) is 6.03. The van der Waals surface area contributed by atoms with Crippen LogP contribution in [-0.4, -0.2) is 27.5 Å². The molecule has 0 aliphatic heterocycles. The van der Waals surface area contributed by atoms with E-state index in [0.717, 1.165) is 0 Å². The van der Waals surface area contributed by atoms with Crippen molar-refractivity contribution in [2.75, 3.05) is 7.11 Å². The molecule has 1 atom stereocenters. The third kappa shape index (κ3) is 3.78. The lowest BCUT2D eigenvalue weighted by Crippen LogP contribution is -2.32. The van der Waals surface area contributed by atoms with Crippen LogP contribution in [0.1, 0.15) is 36.2 Å². The Hall–Kier alpha value is -1.40. The summed E-state index contributed by atoms with van der Waals surface area (Å²) in [5.74, 6) is -0.543. The Bertz CT molecular complexity index is 566. The SMILES string of the molecule is CC[C@H](C)NS(=O)(=O)c1ccc(C)c(C(=O)OC)c1. The van der Waals surface area contributed by atoms with Crippen molar-refractivity contribution < 1.29 is 17.9 Å². The summed E-state index contributed by atoms with van der Waals surface area (Å²) in [7, 11) is -2.35. The van der Waals surface area contributed by atoms with E-state index in [9.17, 15) is 13.2 Å². The Balaban J connectivity index is 3.18. The number of sulfonamides is 1. The van der Waals surface area contributed by atoms with Crippen LogP contribution in [0.15, 0.2) is 23.1 Å². The highest BCUT2D eigenvalue weighted by Crippen LogP contribution is 2.17. The average molecular weight is 285 g/mol. The second-order valence-electron chi connectivity index (χ2n) is 4.40. The van der Waals surface area contributed by atoms with Crippen LogP contribution in [0, 0.1) is 6.92 Å². The van der Waals surface area contributed by atoms with E-state index in [2.05, 4.69) is 9.46 Å². The van der Waals surface area contributed by atoms with Crippen LogP contribution in [0.25, 0.3) is 0 Å². The zero-order chi connectivity index (χ0) is 14.6.